The van der Waals surface area contributed by atoms with Crippen molar-refractivity contribution in [2.75, 3.05) is 26.2 Å². The maximum atomic E-state index is 13.0. The fraction of sp³-hybridized carbons (Fsp3) is 0.895. The summed E-state index contributed by atoms with van der Waals surface area (Å²) < 4.78 is 5.24. The minimum atomic E-state index is -0.531. The molecule has 0 bridgehead atoms. The number of rotatable bonds is 8. The van der Waals surface area contributed by atoms with Crippen molar-refractivity contribution in [1.82, 2.24) is 15.5 Å². The van der Waals surface area contributed by atoms with E-state index in [4.69, 9.17) is 10.5 Å². The van der Waals surface area contributed by atoms with Crippen molar-refractivity contribution >= 4 is 12.0 Å². The van der Waals surface area contributed by atoms with Gasteiger partial charge in [0.25, 0.3) is 0 Å². The fourth-order valence-corrected chi connectivity index (χ4v) is 3.15. The summed E-state index contributed by atoms with van der Waals surface area (Å²) in [6, 6.07) is -0.201. The van der Waals surface area contributed by atoms with Crippen molar-refractivity contribution in [3.05, 3.63) is 0 Å². The second-order valence-electron chi connectivity index (χ2n) is 8.12. The van der Waals surface area contributed by atoms with Gasteiger partial charge in [0.1, 0.15) is 5.60 Å². The van der Waals surface area contributed by atoms with Crippen LogP contribution in [0.25, 0.3) is 0 Å². The lowest BCUT2D eigenvalue weighted by Gasteiger charge is -2.28. The molecular weight excluding hydrogens is 332 g/mol. The zero-order chi connectivity index (χ0) is 19.7. The van der Waals surface area contributed by atoms with E-state index in [0.717, 1.165) is 32.4 Å². The Hall–Kier alpha value is -1.34. The van der Waals surface area contributed by atoms with Crippen molar-refractivity contribution < 1.29 is 14.3 Å². The van der Waals surface area contributed by atoms with Gasteiger partial charge in [-0.25, -0.2) is 4.79 Å². The quantitative estimate of drug-likeness (QED) is 0.606. The summed E-state index contributed by atoms with van der Waals surface area (Å²) in [7, 11) is 0. The summed E-state index contributed by atoms with van der Waals surface area (Å²) in [6.07, 6.45) is 3.06. The molecule has 1 fully saturated rings. The number of hydrogen-bond donors (Lipinski definition) is 3. The standard InChI is InChI=1S/C19H38N4O3/c1-6-14(7-2)13-23-11-9-15(12-20)22-16(17(23)24)8-10-21-18(25)26-19(3,4)5/h14-16,22H,6-13,20H2,1-5H3,(H,21,25). The molecule has 0 aromatic carbocycles. The van der Waals surface area contributed by atoms with E-state index in [2.05, 4.69) is 24.5 Å². The molecule has 7 heteroatoms. The van der Waals surface area contributed by atoms with E-state index in [9.17, 15) is 9.59 Å². The minimum Gasteiger partial charge on any atom is -0.444 e. The average Bonchev–Trinajstić information content (AvgIpc) is 2.71. The van der Waals surface area contributed by atoms with E-state index in [1.807, 2.05) is 25.7 Å². The van der Waals surface area contributed by atoms with Crippen LogP contribution in [0.3, 0.4) is 0 Å². The van der Waals surface area contributed by atoms with Crippen LogP contribution in [0.2, 0.25) is 0 Å². The van der Waals surface area contributed by atoms with E-state index in [0.29, 0.717) is 25.4 Å². The van der Waals surface area contributed by atoms with Gasteiger partial charge in [-0.1, -0.05) is 26.7 Å². The Morgan fingerprint density at radius 3 is 2.58 bits per heavy atom. The third-order valence-corrected chi connectivity index (χ3v) is 4.81. The molecule has 1 rings (SSSR count). The van der Waals surface area contributed by atoms with Crippen LogP contribution in [0, 0.1) is 5.92 Å². The third kappa shape index (κ3) is 7.91. The van der Waals surface area contributed by atoms with Gasteiger partial charge in [-0.2, -0.15) is 0 Å². The molecule has 1 heterocycles. The zero-order valence-corrected chi connectivity index (χ0v) is 17.1. The van der Waals surface area contributed by atoms with Crippen molar-refractivity contribution in [1.29, 1.82) is 0 Å². The number of nitrogens with zero attached hydrogens (tertiary/aromatic N) is 1. The van der Waals surface area contributed by atoms with Crippen LogP contribution in [-0.4, -0.2) is 60.8 Å². The topological polar surface area (TPSA) is 96.7 Å². The molecule has 4 N–H and O–H groups in total. The van der Waals surface area contributed by atoms with Gasteiger partial charge in [0.2, 0.25) is 5.91 Å². The van der Waals surface area contributed by atoms with E-state index in [-0.39, 0.29) is 18.0 Å². The Kier molecular flexibility index (Phi) is 9.36. The largest absolute Gasteiger partial charge is 0.444 e. The van der Waals surface area contributed by atoms with Gasteiger partial charge in [-0.3, -0.25) is 4.79 Å². The van der Waals surface area contributed by atoms with Crippen LogP contribution in [0.1, 0.15) is 60.3 Å². The van der Waals surface area contributed by atoms with Gasteiger partial charge in [0.05, 0.1) is 6.04 Å². The first-order valence-electron chi connectivity index (χ1n) is 9.91. The van der Waals surface area contributed by atoms with Crippen molar-refractivity contribution in [2.24, 2.45) is 11.7 Å². The lowest BCUT2D eigenvalue weighted by Crippen LogP contribution is -2.49. The summed E-state index contributed by atoms with van der Waals surface area (Å²) in [5, 5.41) is 6.10. The monoisotopic (exact) mass is 370 g/mol. The van der Waals surface area contributed by atoms with Crippen LogP contribution in [0.4, 0.5) is 4.79 Å². The van der Waals surface area contributed by atoms with Crippen LogP contribution >= 0.6 is 0 Å². The Morgan fingerprint density at radius 1 is 1.38 bits per heavy atom. The van der Waals surface area contributed by atoms with Crippen molar-refractivity contribution in [3.63, 3.8) is 0 Å². The predicted molar refractivity (Wildman–Crippen MR) is 104 cm³/mol. The highest BCUT2D eigenvalue weighted by Crippen LogP contribution is 2.15. The van der Waals surface area contributed by atoms with Gasteiger partial charge in [0.15, 0.2) is 0 Å². The third-order valence-electron chi connectivity index (χ3n) is 4.81. The van der Waals surface area contributed by atoms with Gasteiger partial charge in [-0.05, 0) is 39.5 Å². The number of hydrogen-bond acceptors (Lipinski definition) is 5. The number of nitrogens with two attached hydrogens (primary N) is 1. The van der Waals surface area contributed by atoms with Crippen LogP contribution in [-0.2, 0) is 9.53 Å². The Balaban J connectivity index is 2.64. The van der Waals surface area contributed by atoms with E-state index in [1.165, 1.54) is 0 Å². The molecule has 2 unspecified atom stereocenters. The Morgan fingerprint density at radius 2 is 2.04 bits per heavy atom. The summed E-state index contributed by atoms with van der Waals surface area (Å²) in [5.41, 5.74) is 5.31. The molecule has 1 aliphatic heterocycles. The van der Waals surface area contributed by atoms with E-state index in [1.54, 1.807) is 0 Å². The summed E-state index contributed by atoms with van der Waals surface area (Å²) >= 11 is 0. The summed E-state index contributed by atoms with van der Waals surface area (Å²) in [6.45, 7) is 12.2. The van der Waals surface area contributed by atoms with E-state index >= 15 is 0 Å². The van der Waals surface area contributed by atoms with Gasteiger partial charge in [0, 0.05) is 32.2 Å². The highest BCUT2D eigenvalue weighted by atomic mass is 16.6. The molecule has 0 aromatic heterocycles. The average molecular weight is 371 g/mol. The molecule has 152 valence electrons. The van der Waals surface area contributed by atoms with Crippen LogP contribution in [0.15, 0.2) is 0 Å². The van der Waals surface area contributed by atoms with Gasteiger partial charge >= 0.3 is 6.09 Å². The summed E-state index contributed by atoms with van der Waals surface area (Å²) in [4.78, 5) is 26.7. The number of carbonyl (C=O) groups excluding carboxylic acids is 2. The molecule has 0 aliphatic carbocycles. The molecule has 0 saturated carbocycles. The first-order chi connectivity index (χ1) is 12.2. The molecule has 2 amide bonds. The highest BCUT2D eigenvalue weighted by Gasteiger charge is 2.31. The van der Waals surface area contributed by atoms with Gasteiger partial charge < -0.3 is 26.0 Å². The zero-order valence-electron chi connectivity index (χ0n) is 17.1. The Labute approximate surface area is 158 Å². The molecule has 2 atom stereocenters. The van der Waals surface area contributed by atoms with Gasteiger partial charge in [-0.15, -0.1) is 0 Å². The highest BCUT2D eigenvalue weighted by molar-refractivity contribution is 5.82. The molecule has 7 nitrogen and oxygen atoms in total. The van der Waals surface area contributed by atoms with Crippen molar-refractivity contribution in [2.45, 2.75) is 78.0 Å². The number of amides is 2. The molecule has 1 aliphatic rings. The fourth-order valence-electron chi connectivity index (χ4n) is 3.15. The first kappa shape index (κ1) is 22.7. The second-order valence-corrected chi connectivity index (χ2v) is 8.12. The molecule has 1 saturated heterocycles. The maximum Gasteiger partial charge on any atom is 0.407 e. The maximum absolute atomic E-state index is 13.0. The number of carbonyl (C=O) groups is 2. The SMILES string of the molecule is CCC(CC)CN1CCC(CN)NC(CCNC(=O)OC(C)(C)C)C1=O. The Bertz CT molecular complexity index is 447. The lowest BCUT2D eigenvalue weighted by atomic mass is 10.0. The smallest absolute Gasteiger partial charge is 0.407 e. The number of nitrogens with one attached hydrogen (secondary N) is 2. The number of ether oxygens (including phenoxy) is 1. The van der Waals surface area contributed by atoms with Crippen molar-refractivity contribution in [3.8, 4) is 0 Å². The number of alkyl carbamates (subject to hydrolysis) is 1. The minimum absolute atomic E-state index is 0.110. The first-order valence-corrected chi connectivity index (χ1v) is 9.91. The lowest BCUT2D eigenvalue weighted by molar-refractivity contribution is -0.133. The molecule has 0 aromatic rings. The normalized spacial score (nSPS) is 21.7. The predicted octanol–water partition coefficient (Wildman–Crippen LogP) is 1.86. The molecule has 0 spiro atoms. The van der Waals surface area contributed by atoms with E-state index < -0.39 is 11.7 Å². The molecular formula is C19H38N4O3. The van der Waals surface area contributed by atoms with Crippen LogP contribution in [0.5, 0.6) is 0 Å². The second kappa shape index (κ2) is 10.7. The van der Waals surface area contributed by atoms with Crippen LogP contribution < -0.4 is 16.4 Å². The molecule has 0 radical (unpaired) electrons. The summed E-state index contributed by atoms with van der Waals surface area (Å²) in [5.74, 6) is 0.632. The molecule has 26 heavy (non-hydrogen) atoms.